The molecule has 0 aliphatic carbocycles. The number of nitrogens with one attached hydrogen (secondary N) is 2. The number of fused-ring (bicyclic) bond motifs is 3. The topological polar surface area (TPSA) is 229 Å². The number of benzene rings is 6. The number of nitrogen functional groups attached to an aromatic ring is 2. The van der Waals surface area contributed by atoms with Crippen molar-refractivity contribution < 1.29 is 37.2 Å². The number of nitro benzene ring substituents is 2. The van der Waals surface area contributed by atoms with Crippen LogP contribution in [-0.2, 0) is 0 Å². The van der Waals surface area contributed by atoms with E-state index in [0.717, 1.165) is 72.8 Å². The normalized spacial score (nSPS) is 10.6. The first kappa shape index (κ1) is 58.2. The van der Waals surface area contributed by atoms with Crippen molar-refractivity contribution in [1.29, 1.82) is 0 Å². The van der Waals surface area contributed by atoms with Crippen LogP contribution in [0.2, 0.25) is 0 Å². The number of pyridine rings is 3. The van der Waals surface area contributed by atoms with Crippen LogP contribution < -0.4 is 36.3 Å². The van der Waals surface area contributed by atoms with Gasteiger partial charge >= 0.3 is 0 Å². The maximum absolute atomic E-state index is 14.2. The zero-order valence-electron chi connectivity index (χ0n) is 43.8. The summed E-state index contributed by atoms with van der Waals surface area (Å²) in [7, 11) is 0. The quantitative estimate of drug-likeness (QED) is 0.0386. The maximum atomic E-state index is 14.2. The van der Waals surface area contributed by atoms with E-state index in [1.807, 2.05) is 106 Å². The van der Waals surface area contributed by atoms with Crippen LogP contribution in [-0.4, -0.2) is 24.8 Å². The summed E-state index contributed by atoms with van der Waals surface area (Å²) in [4.78, 5) is 33.0. The summed E-state index contributed by atoms with van der Waals surface area (Å²) in [6.45, 7) is 6.09. The molecule has 0 atom stereocenters. The Balaban J connectivity index is 0.000000141. The van der Waals surface area contributed by atoms with Crippen LogP contribution in [0.15, 0.2) is 182 Å². The summed E-state index contributed by atoms with van der Waals surface area (Å²) in [6.07, 6.45) is 4.80. The number of hydrogen-bond donors (Lipinski definition) is 4. The first-order valence-corrected chi connectivity index (χ1v) is 28.2. The third-order valence-electron chi connectivity index (χ3n) is 11.6. The van der Waals surface area contributed by atoms with Crippen LogP contribution in [0, 0.1) is 61.3 Å². The number of ether oxygens (including phenoxy) is 3. The predicted octanol–water partition coefficient (Wildman–Crippen LogP) is 18.4. The van der Waals surface area contributed by atoms with Gasteiger partial charge in [-0.3, -0.25) is 35.2 Å². The Labute approximate surface area is 497 Å². The molecule has 12 aromatic rings. The van der Waals surface area contributed by atoms with E-state index in [9.17, 15) is 33.4 Å². The van der Waals surface area contributed by atoms with E-state index >= 15 is 0 Å². The molecule has 0 radical (unpaired) electrons. The van der Waals surface area contributed by atoms with Gasteiger partial charge in [0.1, 0.15) is 17.2 Å². The van der Waals surface area contributed by atoms with Gasteiger partial charge in [0, 0.05) is 77.7 Å². The van der Waals surface area contributed by atoms with Gasteiger partial charge in [0.25, 0.3) is 11.4 Å². The van der Waals surface area contributed by atoms with Gasteiger partial charge in [0.2, 0.25) is 0 Å². The summed E-state index contributed by atoms with van der Waals surface area (Å²) in [6, 6.07) is 45.6. The number of aromatic nitrogens is 3. The fourth-order valence-corrected chi connectivity index (χ4v) is 11.5. The molecular weight excluding hydrogens is 1240 g/mol. The number of anilines is 6. The highest BCUT2D eigenvalue weighted by Gasteiger charge is 2.18. The Hall–Kier alpha value is -9.43. The lowest BCUT2D eigenvalue weighted by Crippen LogP contribution is -1.92. The van der Waals surface area contributed by atoms with Crippen LogP contribution in [0.1, 0.15) is 16.7 Å². The number of hydrogen-bond acceptors (Lipinski definition) is 17. The Kier molecular flexibility index (Phi) is 18.6. The van der Waals surface area contributed by atoms with Crippen LogP contribution in [0.5, 0.6) is 34.5 Å². The lowest BCUT2D eigenvalue weighted by atomic mass is 10.2. The fraction of sp³-hybridized carbons (Fsp3) is 0.0500. The smallest absolute Gasteiger partial charge is 0.272 e. The zero-order chi connectivity index (χ0) is 58.7. The molecule has 6 aromatic heterocycles. The Bertz CT molecular complexity index is 4320. The largest absolute Gasteiger partial charge is 0.453 e. The average Bonchev–Trinajstić information content (AvgIpc) is 4.23. The summed E-state index contributed by atoms with van der Waals surface area (Å²) in [5.74, 6) is -0.620. The first-order valence-electron chi connectivity index (χ1n) is 24.7. The number of nitrogens with two attached hydrogens (primary N) is 2. The minimum absolute atomic E-state index is 0.0588. The predicted molar refractivity (Wildman–Crippen MR) is 333 cm³/mol. The van der Waals surface area contributed by atoms with E-state index in [4.69, 9.17) is 25.7 Å². The van der Waals surface area contributed by atoms with Gasteiger partial charge in [0.15, 0.2) is 34.7 Å². The number of non-ortho nitro benzene ring substituents is 2. The van der Waals surface area contributed by atoms with E-state index in [1.54, 1.807) is 42.9 Å². The van der Waals surface area contributed by atoms with Gasteiger partial charge in [-0.1, -0.05) is 36.4 Å². The minimum Gasteiger partial charge on any atom is -0.453 e. The average molecular weight is 1280 g/mol. The number of rotatable bonds is 12. The molecule has 0 fully saturated rings. The van der Waals surface area contributed by atoms with Crippen LogP contribution in [0.3, 0.4) is 0 Å². The highest BCUT2D eigenvalue weighted by molar-refractivity contribution is 14.1. The molecule has 0 spiro atoms. The second kappa shape index (κ2) is 26.4. The van der Waals surface area contributed by atoms with Gasteiger partial charge in [-0.25, -0.2) is 13.2 Å². The summed E-state index contributed by atoms with van der Waals surface area (Å²) in [5, 5.41) is 29.9. The zero-order valence-corrected chi connectivity index (χ0v) is 48.4. The monoisotopic (exact) mass is 1280 g/mol. The molecule has 0 bridgehead atoms. The van der Waals surface area contributed by atoms with Crippen LogP contribution >= 0.6 is 56.6 Å². The van der Waals surface area contributed by atoms with Crippen molar-refractivity contribution >= 4 is 131 Å². The van der Waals surface area contributed by atoms with Gasteiger partial charge < -0.3 is 36.3 Å². The number of nitrogens with zero attached hydrogens (tertiary/aromatic N) is 5. The van der Waals surface area contributed by atoms with Crippen LogP contribution in [0.4, 0.5) is 57.3 Å². The molecule has 23 heteroatoms. The van der Waals surface area contributed by atoms with E-state index < -0.39 is 27.3 Å². The number of halogens is 4. The Morgan fingerprint density at radius 2 is 0.843 bits per heavy atom. The number of thiophene rings is 3. The van der Waals surface area contributed by atoms with Crippen molar-refractivity contribution in [1.82, 2.24) is 15.0 Å². The number of nitro groups is 2. The molecule has 0 saturated carbocycles. The first-order chi connectivity index (χ1) is 39.9. The summed E-state index contributed by atoms with van der Waals surface area (Å²) in [5.41, 5.74) is 19.4. The molecule has 0 saturated heterocycles. The molecule has 0 unspecified atom stereocenters. The Morgan fingerprint density at radius 3 is 1.23 bits per heavy atom. The highest BCUT2D eigenvalue weighted by atomic mass is 127. The Morgan fingerprint density at radius 1 is 0.458 bits per heavy atom. The standard InChI is InChI=1S/C20H14FN3O3S.C20H16FN3OS.C13H6FIN2O3S.C7H9N/c1-12-3-2-4-13(9-12)23-19-11-16-20(28-19)18(7-8-22-16)27-17-6-5-14(24(25)26)10-15(17)21;1-12-3-2-4-14(9-12)24-19-11-16-20(26-19)18(7-8-23-16)25-17-6-5-13(22)10-15(17)21;14-8-5-7(17(18)19)1-2-10(8)20-11-3-4-16-9-6-12(15)21-13(9)11;1-6-3-2-4-7(8)5-6/h2-11,23H,1H3;2-11,24H,22H2,1H3;1-6H;2-5H,8H2,1H3. The van der Waals surface area contributed by atoms with Crippen molar-refractivity contribution in [3.63, 3.8) is 0 Å². The van der Waals surface area contributed by atoms with Crippen molar-refractivity contribution in [2.75, 3.05) is 22.1 Å². The molecule has 0 aliphatic rings. The van der Waals surface area contributed by atoms with Crippen molar-refractivity contribution in [2.45, 2.75) is 20.8 Å². The molecule has 83 heavy (non-hydrogen) atoms. The molecule has 418 valence electrons. The number of aryl methyl sites for hydroxylation is 3. The summed E-state index contributed by atoms with van der Waals surface area (Å²) >= 11 is 6.59. The van der Waals surface area contributed by atoms with Crippen molar-refractivity contribution in [3.8, 4) is 34.5 Å². The SMILES string of the molecule is Cc1cccc(N)c1.Cc1cccc(Nc2cc3nccc(Oc4ccc(N)cc4F)c3s2)c1.Cc1cccc(Nc2cc3nccc(Oc4ccc([N+](=O)[O-])cc4F)c3s2)c1.O=[N+]([O-])c1ccc(Oc2ccnc3cc(I)sc23)c(F)c1. The van der Waals surface area contributed by atoms with E-state index in [0.29, 0.717) is 28.5 Å². The minimum atomic E-state index is -0.797. The molecular formula is C60H45F3IN9O7S3. The molecule has 12 rings (SSSR count). The lowest BCUT2D eigenvalue weighted by Gasteiger charge is -2.07. The van der Waals surface area contributed by atoms with Gasteiger partial charge in [-0.15, -0.1) is 34.0 Å². The van der Waals surface area contributed by atoms with E-state index in [2.05, 4.69) is 54.2 Å². The molecule has 0 aliphatic heterocycles. The van der Waals surface area contributed by atoms with Crippen molar-refractivity contribution in [3.05, 3.63) is 240 Å². The van der Waals surface area contributed by atoms with E-state index in [-0.39, 0.29) is 28.6 Å². The van der Waals surface area contributed by atoms with Crippen LogP contribution in [0.25, 0.3) is 30.6 Å². The molecule has 6 aromatic carbocycles. The molecule has 0 amide bonds. The highest BCUT2D eigenvalue weighted by Crippen LogP contribution is 2.42. The fourth-order valence-electron chi connectivity index (χ4n) is 7.81. The van der Waals surface area contributed by atoms with Crippen molar-refractivity contribution in [2.24, 2.45) is 0 Å². The van der Waals surface area contributed by atoms with Gasteiger partial charge in [-0.2, -0.15) is 0 Å². The third kappa shape index (κ3) is 15.3. The second-order valence-corrected chi connectivity index (χ2v) is 23.0. The third-order valence-corrected chi connectivity index (χ3v) is 15.6. The molecule has 6 N–H and O–H groups in total. The second-order valence-electron chi connectivity index (χ2n) is 18.0. The molecule has 16 nitrogen and oxygen atoms in total. The maximum Gasteiger partial charge on any atom is 0.272 e. The lowest BCUT2D eigenvalue weighted by molar-refractivity contribution is -0.385. The summed E-state index contributed by atoms with van der Waals surface area (Å²) < 4.78 is 62.5. The van der Waals surface area contributed by atoms with Gasteiger partial charge in [0.05, 0.1) is 65.5 Å². The molecule has 6 heterocycles. The van der Waals surface area contributed by atoms with Gasteiger partial charge in [-0.05, 0) is 139 Å². The van der Waals surface area contributed by atoms with E-state index in [1.165, 1.54) is 81.5 Å².